The second-order valence-electron chi connectivity index (χ2n) is 4.88. The van der Waals surface area contributed by atoms with Crippen molar-refractivity contribution >= 4 is 21.4 Å². The summed E-state index contributed by atoms with van der Waals surface area (Å²) in [4.78, 5) is 2.48. The molecule has 1 aromatic carbocycles. The van der Waals surface area contributed by atoms with Crippen LogP contribution in [0.25, 0.3) is 10.1 Å². The molecule has 3 rings (SSSR count). The molecule has 0 N–H and O–H groups in total. The summed E-state index contributed by atoms with van der Waals surface area (Å²) >= 11 is 1.77. The van der Waals surface area contributed by atoms with Gasteiger partial charge in [-0.25, -0.2) is 0 Å². The molecular weight excluding hydrogens is 254 g/mol. The zero-order valence-corrected chi connectivity index (χ0v) is 11.9. The van der Waals surface area contributed by atoms with Crippen LogP contribution in [0.1, 0.15) is 12.8 Å². The maximum Gasteiger partial charge on any atom is 0.119 e. The highest BCUT2D eigenvalue weighted by Crippen LogP contribution is 2.25. The van der Waals surface area contributed by atoms with Crippen LogP contribution in [0.4, 0.5) is 0 Å². The van der Waals surface area contributed by atoms with E-state index in [2.05, 4.69) is 46.7 Å². The van der Waals surface area contributed by atoms with E-state index < -0.39 is 0 Å². The molecule has 0 bridgehead atoms. The lowest BCUT2D eigenvalue weighted by Gasteiger charge is -2.22. The van der Waals surface area contributed by atoms with Crippen LogP contribution in [0.2, 0.25) is 0 Å². The van der Waals surface area contributed by atoms with Gasteiger partial charge in [-0.05, 0) is 47.9 Å². The van der Waals surface area contributed by atoms with Crippen LogP contribution in [0.3, 0.4) is 0 Å². The standard InChI is InChI=1S/C16H19NOS/c1-2-8-17(9-3-1)10-4-11-18-15-5-6-16-14(13-15)7-12-19-16/h1-2,5-7,12-13H,3-4,8-11H2. The maximum absolute atomic E-state index is 5.83. The van der Waals surface area contributed by atoms with Crippen LogP contribution in [-0.2, 0) is 0 Å². The van der Waals surface area contributed by atoms with Gasteiger partial charge in [-0.3, -0.25) is 4.90 Å². The minimum absolute atomic E-state index is 0.801. The van der Waals surface area contributed by atoms with Gasteiger partial charge >= 0.3 is 0 Å². The van der Waals surface area contributed by atoms with Crippen molar-refractivity contribution in [2.45, 2.75) is 12.8 Å². The number of benzene rings is 1. The highest BCUT2D eigenvalue weighted by molar-refractivity contribution is 7.17. The number of ether oxygens (including phenoxy) is 1. The summed E-state index contributed by atoms with van der Waals surface area (Å²) in [5, 5.41) is 3.40. The molecule has 3 heteroatoms. The van der Waals surface area contributed by atoms with E-state index in [-0.39, 0.29) is 0 Å². The predicted octanol–water partition coefficient (Wildman–Crippen LogP) is 3.93. The highest BCUT2D eigenvalue weighted by atomic mass is 32.1. The van der Waals surface area contributed by atoms with E-state index in [9.17, 15) is 0 Å². The molecule has 0 radical (unpaired) electrons. The quantitative estimate of drug-likeness (QED) is 0.604. The monoisotopic (exact) mass is 273 g/mol. The summed E-state index contributed by atoms with van der Waals surface area (Å²) in [7, 11) is 0. The molecule has 19 heavy (non-hydrogen) atoms. The van der Waals surface area contributed by atoms with Gasteiger partial charge in [0.25, 0.3) is 0 Å². The summed E-state index contributed by atoms with van der Waals surface area (Å²) in [6, 6.07) is 8.50. The van der Waals surface area contributed by atoms with Gasteiger partial charge in [0.15, 0.2) is 0 Å². The van der Waals surface area contributed by atoms with E-state index in [1.165, 1.54) is 23.1 Å². The molecule has 1 aromatic heterocycles. The summed E-state index contributed by atoms with van der Waals surface area (Å²) in [6.07, 6.45) is 6.81. The maximum atomic E-state index is 5.83. The van der Waals surface area contributed by atoms with Gasteiger partial charge < -0.3 is 4.74 Å². The second-order valence-corrected chi connectivity index (χ2v) is 5.83. The van der Waals surface area contributed by atoms with Crippen LogP contribution in [0.15, 0.2) is 41.8 Å². The van der Waals surface area contributed by atoms with E-state index >= 15 is 0 Å². The molecule has 2 heterocycles. The smallest absolute Gasteiger partial charge is 0.119 e. The SMILES string of the molecule is C1=CCN(CCCOc2ccc3sccc3c2)CC1. The molecule has 0 amide bonds. The first-order valence-electron chi connectivity index (χ1n) is 6.89. The van der Waals surface area contributed by atoms with Crippen molar-refractivity contribution in [3.63, 3.8) is 0 Å². The Hall–Kier alpha value is -1.32. The van der Waals surface area contributed by atoms with Gasteiger partial charge in [0.05, 0.1) is 6.61 Å². The van der Waals surface area contributed by atoms with E-state index in [0.29, 0.717) is 0 Å². The molecule has 2 nitrogen and oxygen atoms in total. The molecular formula is C16H19NOS. The number of fused-ring (bicyclic) bond motifs is 1. The third kappa shape index (κ3) is 3.37. The topological polar surface area (TPSA) is 12.5 Å². The Morgan fingerprint density at radius 2 is 2.21 bits per heavy atom. The van der Waals surface area contributed by atoms with Crippen LogP contribution in [0.5, 0.6) is 5.75 Å². The summed E-state index contributed by atoms with van der Waals surface area (Å²) in [5.74, 6) is 0.990. The van der Waals surface area contributed by atoms with Crippen molar-refractivity contribution in [3.8, 4) is 5.75 Å². The first-order valence-corrected chi connectivity index (χ1v) is 7.77. The molecule has 0 spiro atoms. The summed E-state index contributed by atoms with van der Waals surface area (Å²) in [6.45, 7) is 4.22. The van der Waals surface area contributed by atoms with E-state index in [1.54, 1.807) is 11.3 Å². The molecule has 1 aliphatic rings. The molecule has 1 aliphatic heterocycles. The van der Waals surface area contributed by atoms with Gasteiger partial charge in [-0.15, -0.1) is 11.3 Å². The fourth-order valence-electron chi connectivity index (χ4n) is 2.41. The van der Waals surface area contributed by atoms with Crippen LogP contribution < -0.4 is 4.74 Å². The summed E-state index contributed by atoms with van der Waals surface area (Å²) < 4.78 is 7.16. The largest absolute Gasteiger partial charge is 0.494 e. The normalized spacial score (nSPS) is 16.0. The molecule has 0 saturated carbocycles. The lowest BCUT2D eigenvalue weighted by atomic mass is 10.2. The van der Waals surface area contributed by atoms with E-state index in [0.717, 1.165) is 31.9 Å². The van der Waals surface area contributed by atoms with Crippen molar-refractivity contribution < 1.29 is 4.74 Å². The fourth-order valence-corrected chi connectivity index (χ4v) is 3.18. The first-order chi connectivity index (χ1) is 9.42. The molecule has 2 aromatic rings. The number of hydrogen-bond donors (Lipinski definition) is 0. The lowest BCUT2D eigenvalue weighted by molar-refractivity contribution is 0.247. The molecule has 100 valence electrons. The number of rotatable bonds is 5. The minimum Gasteiger partial charge on any atom is -0.494 e. The minimum atomic E-state index is 0.801. The van der Waals surface area contributed by atoms with Gasteiger partial charge in [-0.2, -0.15) is 0 Å². The van der Waals surface area contributed by atoms with E-state index in [1.807, 2.05) is 0 Å². The van der Waals surface area contributed by atoms with Crippen molar-refractivity contribution in [3.05, 3.63) is 41.8 Å². The van der Waals surface area contributed by atoms with Gasteiger partial charge in [-0.1, -0.05) is 12.2 Å². The predicted molar refractivity (Wildman–Crippen MR) is 82.1 cm³/mol. The summed E-state index contributed by atoms with van der Waals surface area (Å²) in [5.41, 5.74) is 0. The average molecular weight is 273 g/mol. The second kappa shape index (κ2) is 6.22. The zero-order valence-electron chi connectivity index (χ0n) is 11.0. The van der Waals surface area contributed by atoms with Crippen molar-refractivity contribution in [2.24, 2.45) is 0 Å². The number of hydrogen-bond acceptors (Lipinski definition) is 3. The third-order valence-electron chi connectivity index (χ3n) is 3.45. The average Bonchev–Trinajstić information content (AvgIpc) is 2.92. The Balaban J connectivity index is 1.45. The third-order valence-corrected chi connectivity index (χ3v) is 4.35. The van der Waals surface area contributed by atoms with Gasteiger partial charge in [0.2, 0.25) is 0 Å². The molecule has 0 aliphatic carbocycles. The van der Waals surface area contributed by atoms with Crippen molar-refractivity contribution in [1.82, 2.24) is 4.90 Å². The molecule has 0 saturated heterocycles. The number of nitrogens with zero attached hydrogens (tertiary/aromatic N) is 1. The lowest BCUT2D eigenvalue weighted by Crippen LogP contribution is -2.29. The van der Waals surface area contributed by atoms with Crippen molar-refractivity contribution in [1.29, 1.82) is 0 Å². The Bertz CT molecular complexity index is 561. The Morgan fingerprint density at radius 1 is 1.21 bits per heavy atom. The Kier molecular flexibility index (Phi) is 4.16. The highest BCUT2D eigenvalue weighted by Gasteiger charge is 2.05. The molecule has 0 fully saturated rings. The first kappa shape index (κ1) is 12.7. The van der Waals surface area contributed by atoms with Crippen LogP contribution in [-0.4, -0.2) is 31.1 Å². The van der Waals surface area contributed by atoms with Crippen LogP contribution in [0, 0.1) is 0 Å². The molecule has 0 unspecified atom stereocenters. The number of thiophene rings is 1. The molecule has 0 atom stereocenters. The Morgan fingerprint density at radius 3 is 3.11 bits per heavy atom. The van der Waals surface area contributed by atoms with Gasteiger partial charge in [0, 0.05) is 24.3 Å². The fraction of sp³-hybridized carbons (Fsp3) is 0.375. The Labute approximate surface area is 118 Å². The van der Waals surface area contributed by atoms with Gasteiger partial charge in [0.1, 0.15) is 5.75 Å². The zero-order chi connectivity index (χ0) is 12.9. The van der Waals surface area contributed by atoms with Crippen molar-refractivity contribution in [2.75, 3.05) is 26.2 Å². The van der Waals surface area contributed by atoms with Crippen LogP contribution >= 0.6 is 11.3 Å². The van der Waals surface area contributed by atoms with E-state index in [4.69, 9.17) is 4.74 Å².